The van der Waals surface area contributed by atoms with Crippen LogP contribution in [0.3, 0.4) is 0 Å². The lowest BCUT2D eigenvalue weighted by atomic mass is 10.0. The average molecular weight is 379 g/mol. The molecule has 0 radical (unpaired) electrons. The molecule has 0 amide bonds. The van der Waals surface area contributed by atoms with Gasteiger partial charge in [-0.05, 0) is 18.2 Å². The van der Waals surface area contributed by atoms with E-state index < -0.39 is 0 Å². The molecule has 0 N–H and O–H groups in total. The highest BCUT2D eigenvalue weighted by molar-refractivity contribution is 7.26. The number of aromatic nitrogens is 3. The van der Waals surface area contributed by atoms with Gasteiger partial charge in [0, 0.05) is 36.7 Å². The van der Waals surface area contributed by atoms with E-state index in [0.717, 1.165) is 33.4 Å². The summed E-state index contributed by atoms with van der Waals surface area (Å²) in [6, 6.07) is 21.1. The van der Waals surface area contributed by atoms with Crippen LogP contribution in [0.25, 0.3) is 53.6 Å². The lowest BCUT2D eigenvalue weighted by Gasteiger charge is -2.07. The maximum absolute atomic E-state index is 5.11. The molecule has 0 atom stereocenters. The van der Waals surface area contributed by atoms with Crippen LogP contribution in [0.2, 0.25) is 0 Å². The molecule has 0 saturated heterocycles. The zero-order chi connectivity index (χ0) is 18.5. The maximum atomic E-state index is 5.11. The molecule has 0 saturated carbocycles. The summed E-state index contributed by atoms with van der Waals surface area (Å²) < 4.78 is 7.65. The molecule has 6 aromatic rings. The first-order valence-corrected chi connectivity index (χ1v) is 9.74. The van der Waals surface area contributed by atoms with Crippen molar-refractivity contribution in [1.29, 1.82) is 0 Å². The third-order valence-corrected chi connectivity index (χ3v) is 6.24. The van der Waals surface area contributed by atoms with Crippen molar-refractivity contribution in [3.63, 3.8) is 0 Å². The minimum Gasteiger partial charge on any atom is -0.451 e. The van der Waals surface area contributed by atoms with Crippen molar-refractivity contribution in [2.24, 2.45) is 0 Å². The summed E-state index contributed by atoms with van der Waals surface area (Å²) in [5, 5.41) is 3.58. The first-order valence-electron chi connectivity index (χ1n) is 8.92. The summed E-state index contributed by atoms with van der Waals surface area (Å²) in [5.41, 5.74) is 4.76. The Labute approximate surface area is 164 Å². The van der Waals surface area contributed by atoms with Gasteiger partial charge < -0.3 is 4.42 Å². The van der Waals surface area contributed by atoms with E-state index >= 15 is 0 Å². The Morgan fingerprint density at radius 1 is 0.786 bits per heavy atom. The van der Waals surface area contributed by atoms with Crippen LogP contribution in [0.5, 0.6) is 0 Å². The molecule has 132 valence electrons. The number of hydrogen-bond donors (Lipinski definition) is 0. The van der Waals surface area contributed by atoms with Gasteiger partial charge in [0.2, 0.25) is 0 Å². The Morgan fingerprint density at radius 2 is 1.71 bits per heavy atom. The molecule has 6 rings (SSSR count). The van der Waals surface area contributed by atoms with Gasteiger partial charge in [-0.25, -0.2) is 15.0 Å². The topological polar surface area (TPSA) is 51.8 Å². The summed E-state index contributed by atoms with van der Waals surface area (Å²) >= 11 is 1.81. The lowest BCUT2D eigenvalue weighted by Crippen LogP contribution is -1.90. The van der Waals surface area contributed by atoms with Gasteiger partial charge in [-0.2, -0.15) is 0 Å². The van der Waals surface area contributed by atoms with E-state index in [0.29, 0.717) is 0 Å². The number of hydrogen-bond acceptors (Lipinski definition) is 5. The van der Waals surface area contributed by atoms with Gasteiger partial charge in [-0.15, -0.1) is 11.3 Å². The SMILES string of the molecule is c1ccc2c(c1)sc1c(-c3ncnc4cc(-c5cocn5)ccc34)cccc12. The minimum absolute atomic E-state index is 0.800. The van der Waals surface area contributed by atoms with E-state index in [1.807, 2.05) is 23.5 Å². The van der Waals surface area contributed by atoms with Crippen LogP contribution < -0.4 is 0 Å². The van der Waals surface area contributed by atoms with Crippen molar-refractivity contribution < 1.29 is 4.42 Å². The zero-order valence-corrected chi connectivity index (χ0v) is 15.5. The predicted molar refractivity (Wildman–Crippen MR) is 113 cm³/mol. The molecule has 0 unspecified atom stereocenters. The predicted octanol–water partition coefficient (Wildman–Crippen LogP) is 6.32. The van der Waals surface area contributed by atoms with Gasteiger partial charge in [-0.1, -0.05) is 42.5 Å². The molecule has 0 spiro atoms. The minimum atomic E-state index is 0.800. The standard InChI is InChI=1S/C23H13N3OS/c1-2-7-21-15(4-1)16-5-3-6-18(23(16)28-21)22-17-9-8-14(20-11-27-13-26-20)10-19(17)24-12-25-22/h1-13H. The van der Waals surface area contributed by atoms with Crippen LogP contribution in [0, 0.1) is 0 Å². The Balaban J connectivity index is 1.62. The average Bonchev–Trinajstić information content (AvgIpc) is 3.41. The molecule has 0 bridgehead atoms. The molecule has 3 aromatic carbocycles. The summed E-state index contributed by atoms with van der Waals surface area (Å²) in [6.07, 6.45) is 4.71. The normalized spacial score (nSPS) is 11.6. The monoisotopic (exact) mass is 379 g/mol. The highest BCUT2D eigenvalue weighted by Gasteiger charge is 2.14. The van der Waals surface area contributed by atoms with Crippen molar-refractivity contribution in [3.8, 4) is 22.5 Å². The van der Waals surface area contributed by atoms with Crippen LogP contribution >= 0.6 is 11.3 Å². The van der Waals surface area contributed by atoms with Gasteiger partial charge in [0.25, 0.3) is 0 Å². The van der Waals surface area contributed by atoms with E-state index in [1.165, 1.54) is 26.6 Å². The van der Waals surface area contributed by atoms with Crippen LogP contribution in [0.4, 0.5) is 0 Å². The number of fused-ring (bicyclic) bond motifs is 4. The molecule has 0 aliphatic rings. The Bertz CT molecular complexity index is 1470. The summed E-state index contributed by atoms with van der Waals surface area (Å²) in [4.78, 5) is 13.4. The quantitative estimate of drug-likeness (QED) is 0.353. The summed E-state index contributed by atoms with van der Waals surface area (Å²) in [7, 11) is 0. The fourth-order valence-electron chi connectivity index (χ4n) is 3.72. The second-order valence-corrected chi connectivity index (χ2v) is 7.66. The van der Waals surface area contributed by atoms with Crippen molar-refractivity contribution in [3.05, 3.63) is 79.6 Å². The highest BCUT2D eigenvalue weighted by Crippen LogP contribution is 2.40. The van der Waals surface area contributed by atoms with Gasteiger partial charge in [0.15, 0.2) is 6.39 Å². The fourth-order valence-corrected chi connectivity index (χ4v) is 4.94. The maximum Gasteiger partial charge on any atom is 0.181 e. The van der Waals surface area contributed by atoms with Gasteiger partial charge in [-0.3, -0.25) is 0 Å². The lowest BCUT2D eigenvalue weighted by molar-refractivity contribution is 0.558. The number of thiophene rings is 1. The van der Waals surface area contributed by atoms with E-state index in [-0.39, 0.29) is 0 Å². The number of nitrogens with zero attached hydrogens (tertiary/aromatic N) is 3. The van der Waals surface area contributed by atoms with Crippen LogP contribution in [0.1, 0.15) is 0 Å². The van der Waals surface area contributed by atoms with E-state index in [4.69, 9.17) is 4.42 Å². The number of rotatable bonds is 2. The van der Waals surface area contributed by atoms with E-state index in [9.17, 15) is 0 Å². The van der Waals surface area contributed by atoms with Crippen LogP contribution in [-0.4, -0.2) is 15.0 Å². The summed E-state index contributed by atoms with van der Waals surface area (Å²) in [6.45, 7) is 0. The zero-order valence-electron chi connectivity index (χ0n) is 14.7. The van der Waals surface area contributed by atoms with Gasteiger partial charge in [0.05, 0.1) is 11.2 Å². The fraction of sp³-hybridized carbons (Fsp3) is 0. The molecule has 4 nitrogen and oxygen atoms in total. The molecule has 3 heterocycles. The summed E-state index contributed by atoms with van der Waals surface area (Å²) in [5.74, 6) is 0. The van der Waals surface area contributed by atoms with Crippen molar-refractivity contribution in [1.82, 2.24) is 15.0 Å². The third kappa shape index (κ3) is 2.27. The third-order valence-electron chi connectivity index (χ3n) is 5.02. The second-order valence-electron chi connectivity index (χ2n) is 6.61. The molecule has 5 heteroatoms. The molecular weight excluding hydrogens is 366 g/mol. The second kappa shape index (κ2) is 5.97. The Morgan fingerprint density at radius 3 is 2.64 bits per heavy atom. The van der Waals surface area contributed by atoms with Crippen LogP contribution in [-0.2, 0) is 0 Å². The van der Waals surface area contributed by atoms with E-state index in [2.05, 4.69) is 63.5 Å². The van der Waals surface area contributed by atoms with Crippen LogP contribution in [0.15, 0.2) is 84.1 Å². The first-order chi connectivity index (χ1) is 13.9. The number of oxazole rings is 1. The molecular formula is C23H13N3OS. The largest absolute Gasteiger partial charge is 0.451 e. The molecule has 3 aromatic heterocycles. The van der Waals surface area contributed by atoms with Crippen molar-refractivity contribution in [2.45, 2.75) is 0 Å². The van der Waals surface area contributed by atoms with Gasteiger partial charge in [0.1, 0.15) is 18.3 Å². The Hall–Kier alpha value is -3.57. The molecule has 0 aliphatic heterocycles. The smallest absolute Gasteiger partial charge is 0.181 e. The number of benzene rings is 3. The van der Waals surface area contributed by atoms with Gasteiger partial charge >= 0.3 is 0 Å². The van der Waals surface area contributed by atoms with E-state index in [1.54, 1.807) is 12.6 Å². The molecule has 0 aliphatic carbocycles. The highest BCUT2D eigenvalue weighted by atomic mass is 32.1. The molecule has 28 heavy (non-hydrogen) atoms. The van der Waals surface area contributed by atoms with Crippen molar-refractivity contribution >= 4 is 42.4 Å². The first kappa shape index (κ1) is 15.5. The Kier molecular flexibility index (Phi) is 3.30. The van der Waals surface area contributed by atoms with Crippen molar-refractivity contribution in [2.75, 3.05) is 0 Å². The molecule has 0 fully saturated rings.